The predicted octanol–water partition coefficient (Wildman–Crippen LogP) is 3.24. The molecule has 0 spiro atoms. The SMILES string of the molecule is C=C(F)/C(=N\C(=N/C)Nc1cn(C)nc1OC)c1c[nH]c2c(NC(=O)[C@@H](C)N3CCN(C)[C@H](C)C3)cccc12. The van der Waals surface area contributed by atoms with Gasteiger partial charge in [0.1, 0.15) is 17.2 Å². The molecule has 4 rings (SSSR count). The first-order valence-electron chi connectivity index (χ1n) is 12.7. The van der Waals surface area contributed by atoms with E-state index < -0.39 is 5.83 Å². The predicted molar refractivity (Wildman–Crippen MR) is 154 cm³/mol. The van der Waals surface area contributed by atoms with Crippen molar-refractivity contribution in [2.45, 2.75) is 25.9 Å². The number of guanidine groups is 1. The van der Waals surface area contributed by atoms with Crippen LogP contribution in [0.2, 0.25) is 0 Å². The van der Waals surface area contributed by atoms with E-state index in [4.69, 9.17) is 4.74 Å². The molecule has 0 unspecified atom stereocenters. The number of aromatic amines is 1. The topological polar surface area (TPSA) is 115 Å². The zero-order valence-electron chi connectivity index (χ0n) is 23.2. The molecule has 1 aliphatic rings. The summed E-state index contributed by atoms with van der Waals surface area (Å²) in [6.07, 6.45) is 3.35. The number of ether oxygens (including phenoxy) is 1. The number of H-pyrrole nitrogens is 1. The fourth-order valence-corrected chi connectivity index (χ4v) is 4.62. The lowest BCUT2D eigenvalue weighted by Gasteiger charge is -2.40. The molecule has 3 N–H and O–H groups in total. The molecule has 39 heavy (non-hydrogen) atoms. The molecule has 1 aromatic carbocycles. The standard InChI is InChI=1S/C27H36FN9O2/c1-16-14-37(12-11-35(16)5)18(3)25(38)31-21-10-8-9-19-20(13-30-24(19)21)23(17(2)28)33-27(29-4)32-22-15-36(6)34-26(22)39-7/h8-10,13,15-16,18,30H,2,11-12,14H2,1,3-7H3,(H,29,32)(H,31,38)/b33-23+/t16-,18-/m1/s1. The van der Waals surface area contributed by atoms with Crippen molar-refractivity contribution < 1.29 is 13.9 Å². The van der Waals surface area contributed by atoms with Gasteiger partial charge in [-0.1, -0.05) is 18.7 Å². The average molecular weight is 538 g/mol. The quantitative estimate of drug-likeness (QED) is 0.315. The number of rotatable bonds is 7. The van der Waals surface area contributed by atoms with E-state index in [-0.39, 0.29) is 23.6 Å². The average Bonchev–Trinajstić information content (AvgIpc) is 3.50. The monoisotopic (exact) mass is 537 g/mol. The molecule has 1 aliphatic heterocycles. The smallest absolute Gasteiger partial charge is 0.256 e. The maximum atomic E-state index is 14.8. The van der Waals surface area contributed by atoms with E-state index in [1.165, 1.54) is 7.11 Å². The summed E-state index contributed by atoms with van der Waals surface area (Å²) >= 11 is 0. The molecule has 1 amide bonds. The molecule has 11 nitrogen and oxygen atoms in total. The van der Waals surface area contributed by atoms with Crippen LogP contribution in [0.3, 0.4) is 0 Å². The summed E-state index contributed by atoms with van der Waals surface area (Å²) in [5, 5.41) is 10.9. The highest BCUT2D eigenvalue weighted by Gasteiger charge is 2.28. The molecule has 1 saturated heterocycles. The van der Waals surface area contributed by atoms with Crippen LogP contribution >= 0.6 is 0 Å². The van der Waals surface area contributed by atoms with E-state index in [1.54, 1.807) is 31.2 Å². The van der Waals surface area contributed by atoms with Gasteiger partial charge in [-0.2, -0.15) is 0 Å². The van der Waals surface area contributed by atoms with Crippen molar-refractivity contribution in [3.8, 4) is 5.88 Å². The van der Waals surface area contributed by atoms with Crippen LogP contribution in [0.5, 0.6) is 5.88 Å². The first-order chi connectivity index (χ1) is 18.6. The number of benzene rings is 1. The van der Waals surface area contributed by atoms with Crippen LogP contribution in [-0.2, 0) is 11.8 Å². The van der Waals surface area contributed by atoms with Gasteiger partial charge in [0.15, 0.2) is 0 Å². The van der Waals surface area contributed by atoms with Crippen LogP contribution in [0.1, 0.15) is 19.4 Å². The Morgan fingerprint density at radius 2 is 2.05 bits per heavy atom. The van der Waals surface area contributed by atoms with E-state index in [0.29, 0.717) is 39.8 Å². The number of likely N-dealkylation sites (N-methyl/N-ethyl adjacent to an activating group) is 1. The number of anilines is 2. The van der Waals surface area contributed by atoms with E-state index in [2.05, 4.69) is 61.1 Å². The highest BCUT2D eigenvalue weighted by molar-refractivity contribution is 6.23. The number of fused-ring (bicyclic) bond motifs is 1. The minimum absolute atomic E-state index is 0.000441. The van der Waals surface area contributed by atoms with Crippen molar-refractivity contribution in [3.63, 3.8) is 0 Å². The number of carbonyl (C=O) groups is 1. The van der Waals surface area contributed by atoms with Gasteiger partial charge in [0.05, 0.1) is 30.6 Å². The van der Waals surface area contributed by atoms with Gasteiger partial charge in [0, 0.05) is 56.9 Å². The number of carbonyl (C=O) groups excluding carboxylic acids is 1. The van der Waals surface area contributed by atoms with Crippen molar-refractivity contribution in [3.05, 3.63) is 48.6 Å². The van der Waals surface area contributed by atoms with Gasteiger partial charge in [-0.3, -0.25) is 19.4 Å². The summed E-state index contributed by atoms with van der Waals surface area (Å²) in [5.74, 6) is -0.343. The fourth-order valence-electron chi connectivity index (χ4n) is 4.62. The number of hydrogen-bond donors (Lipinski definition) is 3. The van der Waals surface area contributed by atoms with E-state index in [1.807, 2.05) is 25.1 Å². The van der Waals surface area contributed by atoms with Crippen molar-refractivity contribution in [1.82, 2.24) is 24.6 Å². The van der Waals surface area contributed by atoms with Gasteiger partial charge < -0.3 is 25.3 Å². The van der Waals surface area contributed by atoms with E-state index >= 15 is 0 Å². The summed E-state index contributed by atoms with van der Waals surface area (Å²) in [7, 11) is 6.89. The van der Waals surface area contributed by atoms with E-state index in [9.17, 15) is 9.18 Å². The van der Waals surface area contributed by atoms with Gasteiger partial charge in [0.2, 0.25) is 11.9 Å². The summed E-state index contributed by atoms with van der Waals surface area (Å²) in [5.41, 5.74) is 2.27. The number of nitrogens with zero attached hydrogens (tertiary/aromatic N) is 6. The van der Waals surface area contributed by atoms with Crippen LogP contribution in [0.4, 0.5) is 15.8 Å². The Bertz CT molecular complexity index is 1420. The Hall–Kier alpha value is -4.03. The molecule has 0 radical (unpaired) electrons. The molecule has 2 atom stereocenters. The van der Waals surface area contributed by atoms with Gasteiger partial charge in [-0.05, 0) is 27.0 Å². The zero-order valence-corrected chi connectivity index (χ0v) is 23.2. The zero-order chi connectivity index (χ0) is 28.3. The number of halogens is 1. The minimum atomic E-state index is -0.732. The van der Waals surface area contributed by atoms with Crippen molar-refractivity contribution in [2.75, 3.05) is 51.5 Å². The molecular weight excluding hydrogens is 501 g/mol. The van der Waals surface area contributed by atoms with Gasteiger partial charge >= 0.3 is 0 Å². The number of methoxy groups -OCH3 is 1. The second-order valence-corrected chi connectivity index (χ2v) is 9.68. The number of allylic oxidation sites excluding steroid dienone is 1. The minimum Gasteiger partial charge on any atom is -0.478 e. The van der Waals surface area contributed by atoms with Crippen LogP contribution in [0.25, 0.3) is 10.9 Å². The number of aryl methyl sites for hydroxylation is 1. The Morgan fingerprint density at radius 1 is 1.28 bits per heavy atom. The summed E-state index contributed by atoms with van der Waals surface area (Å²) < 4.78 is 21.6. The van der Waals surface area contributed by atoms with Crippen molar-refractivity contribution >= 4 is 39.9 Å². The largest absolute Gasteiger partial charge is 0.478 e. The number of piperazine rings is 1. The number of aromatic nitrogens is 3. The first kappa shape index (κ1) is 28.0. The fraction of sp³-hybridized carbons (Fsp3) is 0.407. The Morgan fingerprint density at radius 3 is 2.72 bits per heavy atom. The number of aliphatic imine (C=N–C) groups is 2. The second-order valence-electron chi connectivity index (χ2n) is 9.68. The lowest BCUT2D eigenvalue weighted by Crippen LogP contribution is -2.55. The number of amides is 1. The third-order valence-corrected chi connectivity index (χ3v) is 7.07. The molecule has 208 valence electrons. The molecule has 0 aliphatic carbocycles. The molecule has 12 heteroatoms. The summed E-state index contributed by atoms with van der Waals surface area (Å²) in [4.78, 5) is 29.4. The molecular formula is C27H36FN9O2. The second kappa shape index (κ2) is 11.8. The van der Waals surface area contributed by atoms with Crippen LogP contribution < -0.4 is 15.4 Å². The summed E-state index contributed by atoms with van der Waals surface area (Å²) in [6, 6.07) is 5.54. The number of para-hydroxylation sites is 1. The lowest BCUT2D eigenvalue weighted by molar-refractivity contribution is -0.121. The highest BCUT2D eigenvalue weighted by atomic mass is 19.1. The molecule has 3 aromatic rings. The Labute approximate surface area is 227 Å². The van der Waals surface area contributed by atoms with Crippen molar-refractivity contribution in [1.29, 1.82) is 0 Å². The number of hydrogen-bond acceptors (Lipinski definition) is 6. The highest BCUT2D eigenvalue weighted by Crippen LogP contribution is 2.28. The number of nitrogens with one attached hydrogen (secondary N) is 3. The molecule has 1 fully saturated rings. The van der Waals surface area contributed by atoms with Crippen LogP contribution in [0.15, 0.2) is 53.0 Å². The molecule has 2 aromatic heterocycles. The molecule has 0 bridgehead atoms. The maximum Gasteiger partial charge on any atom is 0.256 e. The first-order valence-corrected chi connectivity index (χ1v) is 12.7. The Kier molecular flexibility index (Phi) is 8.46. The van der Waals surface area contributed by atoms with E-state index in [0.717, 1.165) is 19.6 Å². The molecule has 3 heterocycles. The van der Waals surface area contributed by atoms with Crippen molar-refractivity contribution in [2.24, 2.45) is 17.0 Å². The van der Waals surface area contributed by atoms with Gasteiger partial charge in [0.25, 0.3) is 5.88 Å². The van der Waals surface area contributed by atoms with Crippen LogP contribution in [0, 0.1) is 0 Å². The summed E-state index contributed by atoms with van der Waals surface area (Å²) in [6.45, 7) is 10.1. The Balaban J connectivity index is 1.60. The van der Waals surface area contributed by atoms with Gasteiger partial charge in [-0.15, -0.1) is 5.10 Å². The normalized spacial score (nSPS) is 18.3. The van der Waals surface area contributed by atoms with Gasteiger partial charge in [-0.25, -0.2) is 9.38 Å². The third-order valence-electron chi connectivity index (χ3n) is 7.07. The lowest BCUT2D eigenvalue weighted by atomic mass is 10.1. The maximum absolute atomic E-state index is 14.8. The van der Waals surface area contributed by atoms with Crippen LogP contribution in [-0.4, -0.2) is 95.1 Å². The molecule has 0 saturated carbocycles. The third kappa shape index (κ3) is 6.02.